The van der Waals surface area contributed by atoms with Gasteiger partial charge in [-0.25, -0.2) is 0 Å². The molecule has 0 atom stereocenters. The molecule has 1 aliphatic heterocycles. The Hall–Kier alpha value is -1.82. The first kappa shape index (κ1) is 14.1. The molecular formula is C14H18ClN5O. The molecule has 1 fully saturated rings. The molecule has 0 amide bonds. The number of hydrogen-bond acceptors (Lipinski definition) is 6. The van der Waals surface area contributed by atoms with Crippen molar-refractivity contribution in [2.45, 2.75) is 25.8 Å². The first-order valence-electron chi connectivity index (χ1n) is 7.11. The molecule has 1 aliphatic rings. The van der Waals surface area contributed by atoms with Crippen molar-refractivity contribution >= 4 is 23.5 Å². The fourth-order valence-electron chi connectivity index (χ4n) is 2.46. The van der Waals surface area contributed by atoms with Crippen molar-refractivity contribution in [3.8, 4) is 0 Å². The summed E-state index contributed by atoms with van der Waals surface area (Å²) in [5.74, 6) is 1.25. The van der Waals surface area contributed by atoms with Gasteiger partial charge in [0.1, 0.15) is 0 Å². The molecule has 2 aromatic heterocycles. The summed E-state index contributed by atoms with van der Waals surface area (Å²) in [6.07, 6.45) is 6.98. The molecule has 3 heterocycles. The van der Waals surface area contributed by atoms with Gasteiger partial charge in [-0.1, -0.05) is 0 Å². The van der Waals surface area contributed by atoms with Gasteiger partial charge in [0.15, 0.2) is 0 Å². The summed E-state index contributed by atoms with van der Waals surface area (Å²) >= 11 is 6.06. The number of aromatic nitrogens is 3. The van der Waals surface area contributed by atoms with Crippen LogP contribution < -0.4 is 9.80 Å². The van der Waals surface area contributed by atoms with Gasteiger partial charge in [-0.15, -0.1) is 0 Å². The molecule has 21 heavy (non-hydrogen) atoms. The van der Waals surface area contributed by atoms with Gasteiger partial charge < -0.3 is 14.2 Å². The molecule has 7 heteroatoms. The molecule has 0 aromatic carbocycles. The monoisotopic (exact) mass is 307 g/mol. The number of nitrogens with zero attached hydrogens (tertiary/aromatic N) is 5. The van der Waals surface area contributed by atoms with E-state index in [1.54, 1.807) is 12.5 Å². The maximum atomic E-state index is 6.06. The quantitative estimate of drug-likeness (QED) is 0.865. The van der Waals surface area contributed by atoms with Gasteiger partial charge >= 0.3 is 0 Å². The Morgan fingerprint density at radius 3 is 2.76 bits per heavy atom. The SMILES string of the molecule is CN(Cc1ccoc1)c1nc(Cl)nc(N2CCCCC2)n1. The van der Waals surface area contributed by atoms with Crippen molar-refractivity contribution in [2.75, 3.05) is 29.9 Å². The summed E-state index contributed by atoms with van der Waals surface area (Å²) in [5.41, 5.74) is 1.06. The third kappa shape index (κ3) is 3.44. The van der Waals surface area contributed by atoms with Crippen molar-refractivity contribution in [1.29, 1.82) is 0 Å². The third-order valence-electron chi connectivity index (χ3n) is 3.56. The zero-order valence-electron chi connectivity index (χ0n) is 12.0. The van der Waals surface area contributed by atoms with E-state index in [1.165, 1.54) is 19.3 Å². The maximum absolute atomic E-state index is 6.06. The smallest absolute Gasteiger partial charge is 0.231 e. The van der Waals surface area contributed by atoms with Crippen LogP contribution >= 0.6 is 11.6 Å². The van der Waals surface area contributed by atoms with E-state index in [2.05, 4.69) is 19.9 Å². The Morgan fingerprint density at radius 2 is 2.05 bits per heavy atom. The topological polar surface area (TPSA) is 58.3 Å². The molecule has 2 aromatic rings. The molecule has 112 valence electrons. The van der Waals surface area contributed by atoms with Crippen LogP contribution in [0.25, 0.3) is 0 Å². The number of anilines is 2. The summed E-state index contributed by atoms with van der Waals surface area (Å²) in [6.45, 7) is 2.62. The van der Waals surface area contributed by atoms with Crippen LogP contribution in [0, 0.1) is 0 Å². The van der Waals surface area contributed by atoms with Crippen LogP contribution in [0.2, 0.25) is 5.28 Å². The Kier molecular flexibility index (Phi) is 4.24. The third-order valence-corrected chi connectivity index (χ3v) is 3.73. The zero-order valence-corrected chi connectivity index (χ0v) is 12.8. The van der Waals surface area contributed by atoms with Crippen LogP contribution in [-0.4, -0.2) is 35.1 Å². The summed E-state index contributed by atoms with van der Waals surface area (Å²) in [5, 5.41) is 0.236. The van der Waals surface area contributed by atoms with Gasteiger partial charge in [0, 0.05) is 32.2 Å². The molecule has 0 aliphatic carbocycles. The highest BCUT2D eigenvalue weighted by molar-refractivity contribution is 6.28. The minimum atomic E-state index is 0.236. The predicted octanol–water partition coefficient (Wildman–Crippen LogP) is 2.74. The van der Waals surface area contributed by atoms with Gasteiger partial charge in [-0.2, -0.15) is 15.0 Å². The van der Waals surface area contributed by atoms with Crippen molar-refractivity contribution in [2.24, 2.45) is 0 Å². The first-order valence-corrected chi connectivity index (χ1v) is 7.49. The molecular weight excluding hydrogens is 290 g/mol. The minimum Gasteiger partial charge on any atom is -0.472 e. The Labute approximate surface area is 128 Å². The highest BCUT2D eigenvalue weighted by Gasteiger charge is 2.17. The summed E-state index contributed by atoms with van der Waals surface area (Å²) < 4.78 is 5.08. The van der Waals surface area contributed by atoms with Crippen LogP contribution in [0.3, 0.4) is 0 Å². The van der Waals surface area contributed by atoms with E-state index < -0.39 is 0 Å². The van der Waals surface area contributed by atoms with Gasteiger partial charge in [0.2, 0.25) is 17.2 Å². The average Bonchev–Trinajstić information content (AvgIpc) is 3.00. The number of hydrogen-bond donors (Lipinski definition) is 0. The van der Waals surface area contributed by atoms with E-state index in [1.807, 2.05) is 18.0 Å². The predicted molar refractivity (Wildman–Crippen MR) is 81.7 cm³/mol. The second-order valence-corrected chi connectivity index (χ2v) is 5.58. The molecule has 3 rings (SSSR count). The van der Waals surface area contributed by atoms with Gasteiger partial charge in [-0.3, -0.25) is 0 Å². The summed E-state index contributed by atoms with van der Waals surface area (Å²) in [4.78, 5) is 17.1. The van der Waals surface area contributed by atoms with Gasteiger partial charge in [0.05, 0.1) is 12.5 Å². The Balaban J connectivity index is 1.79. The van der Waals surface area contributed by atoms with Crippen molar-refractivity contribution < 1.29 is 4.42 Å². The molecule has 0 saturated carbocycles. The average molecular weight is 308 g/mol. The Morgan fingerprint density at radius 1 is 1.24 bits per heavy atom. The van der Waals surface area contributed by atoms with Crippen molar-refractivity contribution in [3.63, 3.8) is 0 Å². The molecule has 0 radical (unpaired) electrons. The lowest BCUT2D eigenvalue weighted by Crippen LogP contribution is -2.32. The Bertz CT molecular complexity index is 583. The minimum absolute atomic E-state index is 0.236. The largest absolute Gasteiger partial charge is 0.472 e. The van der Waals surface area contributed by atoms with Crippen LogP contribution in [0.4, 0.5) is 11.9 Å². The van der Waals surface area contributed by atoms with Crippen LogP contribution in [0.15, 0.2) is 23.0 Å². The summed E-state index contributed by atoms with van der Waals surface area (Å²) in [7, 11) is 1.93. The van der Waals surface area contributed by atoms with Crippen LogP contribution in [0.1, 0.15) is 24.8 Å². The van der Waals surface area contributed by atoms with Gasteiger partial charge in [-0.05, 0) is 36.9 Å². The van der Waals surface area contributed by atoms with E-state index in [0.717, 1.165) is 18.7 Å². The summed E-state index contributed by atoms with van der Waals surface area (Å²) in [6, 6.07) is 1.92. The standard InChI is InChI=1S/C14H18ClN5O/c1-19(9-11-5-8-21-10-11)13-16-12(15)17-14(18-13)20-6-3-2-4-7-20/h5,8,10H,2-4,6-7,9H2,1H3. The highest BCUT2D eigenvalue weighted by atomic mass is 35.5. The normalized spacial score (nSPS) is 15.2. The molecule has 0 unspecified atom stereocenters. The number of piperidine rings is 1. The second-order valence-electron chi connectivity index (χ2n) is 5.24. The van der Waals surface area contributed by atoms with E-state index in [4.69, 9.17) is 16.0 Å². The zero-order chi connectivity index (χ0) is 14.7. The van der Waals surface area contributed by atoms with E-state index in [-0.39, 0.29) is 5.28 Å². The lowest BCUT2D eigenvalue weighted by atomic mass is 10.1. The second kappa shape index (κ2) is 6.30. The molecule has 0 spiro atoms. The molecule has 0 N–H and O–H groups in total. The van der Waals surface area contributed by atoms with E-state index in [0.29, 0.717) is 18.4 Å². The number of rotatable bonds is 4. The van der Waals surface area contributed by atoms with Gasteiger partial charge in [0.25, 0.3) is 0 Å². The number of furan rings is 1. The lowest BCUT2D eigenvalue weighted by molar-refractivity contribution is 0.563. The molecule has 0 bridgehead atoms. The van der Waals surface area contributed by atoms with Crippen LogP contribution in [-0.2, 0) is 6.54 Å². The highest BCUT2D eigenvalue weighted by Crippen LogP contribution is 2.20. The first-order chi connectivity index (χ1) is 10.2. The number of halogens is 1. The van der Waals surface area contributed by atoms with Crippen molar-refractivity contribution in [3.05, 3.63) is 29.4 Å². The maximum Gasteiger partial charge on any atom is 0.231 e. The fourth-order valence-corrected chi connectivity index (χ4v) is 2.61. The lowest BCUT2D eigenvalue weighted by Gasteiger charge is -2.27. The van der Waals surface area contributed by atoms with Crippen molar-refractivity contribution in [1.82, 2.24) is 15.0 Å². The van der Waals surface area contributed by atoms with Crippen LogP contribution in [0.5, 0.6) is 0 Å². The van der Waals surface area contributed by atoms with E-state index >= 15 is 0 Å². The van der Waals surface area contributed by atoms with E-state index in [9.17, 15) is 0 Å². The fraction of sp³-hybridized carbons (Fsp3) is 0.500. The molecule has 6 nitrogen and oxygen atoms in total. The molecule has 1 saturated heterocycles.